The minimum absolute atomic E-state index is 0.0138. The third-order valence-electron chi connectivity index (χ3n) is 3.89. The molecule has 128 valence electrons. The van der Waals surface area contributed by atoms with Crippen LogP contribution < -0.4 is 4.74 Å². The van der Waals surface area contributed by atoms with Crippen molar-refractivity contribution in [3.8, 4) is 17.0 Å². The number of fused-ring (bicyclic) bond motifs is 3. The second kappa shape index (κ2) is 7.21. The van der Waals surface area contributed by atoms with Crippen LogP contribution in [0, 0.1) is 0 Å². The van der Waals surface area contributed by atoms with Crippen LogP contribution in [-0.4, -0.2) is 46.7 Å². The first kappa shape index (κ1) is 17.4. The van der Waals surface area contributed by atoms with E-state index < -0.39 is 0 Å². The zero-order valence-corrected chi connectivity index (χ0v) is 16.0. The monoisotopic (exact) mass is 410 g/mol. The van der Waals surface area contributed by atoms with E-state index in [2.05, 4.69) is 20.9 Å². The van der Waals surface area contributed by atoms with Crippen LogP contribution in [0.4, 0.5) is 0 Å². The number of aliphatic hydroxyl groups excluding tert-OH is 1. The van der Waals surface area contributed by atoms with Crippen molar-refractivity contribution in [1.29, 1.82) is 0 Å². The summed E-state index contributed by atoms with van der Waals surface area (Å²) < 4.78 is 6.75. The number of rotatable bonds is 4. The van der Waals surface area contributed by atoms with Crippen LogP contribution in [0.3, 0.4) is 0 Å². The van der Waals surface area contributed by atoms with E-state index in [-0.39, 0.29) is 18.6 Å². The minimum Gasteiger partial charge on any atom is -0.492 e. The van der Waals surface area contributed by atoms with Crippen molar-refractivity contribution in [2.75, 3.05) is 19.8 Å². The lowest BCUT2D eigenvalue weighted by Crippen LogP contribution is -2.38. The maximum Gasteiger partial charge on any atom is 0.283 e. The largest absolute Gasteiger partial charge is 0.492 e. The summed E-state index contributed by atoms with van der Waals surface area (Å²) in [6.45, 7) is 4.70. The summed E-state index contributed by atoms with van der Waals surface area (Å²) in [6, 6.07) is 5.85. The molecule has 7 heteroatoms. The molecule has 1 N–H and O–H groups in total. The topological polar surface area (TPSA) is 62.7 Å². The van der Waals surface area contributed by atoms with Crippen molar-refractivity contribution in [3.63, 3.8) is 0 Å². The molecule has 0 atom stereocenters. The molecule has 3 rings (SSSR count). The zero-order chi connectivity index (χ0) is 17.3. The van der Waals surface area contributed by atoms with Crippen LogP contribution in [-0.2, 0) is 6.42 Å². The van der Waals surface area contributed by atoms with Crippen molar-refractivity contribution in [3.05, 3.63) is 32.6 Å². The summed E-state index contributed by atoms with van der Waals surface area (Å²) in [6.07, 6.45) is 0.730. The van der Waals surface area contributed by atoms with E-state index in [4.69, 9.17) is 4.74 Å². The highest BCUT2D eigenvalue weighted by atomic mass is 79.9. The van der Waals surface area contributed by atoms with Gasteiger partial charge in [0.1, 0.15) is 5.75 Å². The van der Waals surface area contributed by atoms with Crippen molar-refractivity contribution in [2.45, 2.75) is 26.3 Å². The number of hydrogen-bond acceptors (Lipinski definition) is 5. The Morgan fingerprint density at radius 3 is 3.00 bits per heavy atom. The lowest BCUT2D eigenvalue weighted by Gasteiger charge is -2.24. The van der Waals surface area contributed by atoms with Gasteiger partial charge in [0.2, 0.25) is 0 Å². The molecule has 1 aliphatic heterocycles. The van der Waals surface area contributed by atoms with Gasteiger partial charge in [-0.15, -0.1) is 11.3 Å². The molecule has 0 radical (unpaired) electrons. The summed E-state index contributed by atoms with van der Waals surface area (Å²) in [4.78, 5) is 20.1. The molecule has 1 aromatic heterocycles. The number of carbonyl (C=O) groups is 1. The Hall–Kier alpha value is -1.44. The zero-order valence-electron chi connectivity index (χ0n) is 13.6. The predicted octanol–water partition coefficient (Wildman–Crippen LogP) is 3.35. The summed E-state index contributed by atoms with van der Waals surface area (Å²) >= 11 is 4.87. The lowest BCUT2D eigenvalue weighted by atomic mass is 10.1. The van der Waals surface area contributed by atoms with Gasteiger partial charge in [0.15, 0.2) is 5.01 Å². The highest BCUT2D eigenvalue weighted by Gasteiger charge is 2.26. The smallest absolute Gasteiger partial charge is 0.283 e. The first-order valence-corrected chi connectivity index (χ1v) is 9.46. The van der Waals surface area contributed by atoms with Crippen LogP contribution in [0.15, 0.2) is 22.7 Å². The number of benzene rings is 1. The molecular formula is C17H19BrN2O3S. The van der Waals surface area contributed by atoms with Gasteiger partial charge >= 0.3 is 0 Å². The molecule has 1 amide bonds. The van der Waals surface area contributed by atoms with Gasteiger partial charge in [0.05, 0.1) is 18.9 Å². The first-order valence-electron chi connectivity index (χ1n) is 7.85. The molecule has 0 fully saturated rings. The standard InChI is InChI=1S/C17H19BrN2O3S/c1-10(2)20(6-7-21)17(22)16-19-15-12-4-3-11(18)9-13(12)23-8-5-14(15)24-16/h3-4,9-10,21H,5-8H2,1-2H3. The fourth-order valence-electron chi connectivity index (χ4n) is 2.71. The van der Waals surface area contributed by atoms with Crippen molar-refractivity contribution < 1.29 is 14.6 Å². The first-order chi connectivity index (χ1) is 11.5. The molecule has 0 aliphatic carbocycles. The number of aliphatic hydroxyl groups is 1. The molecule has 2 aromatic rings. The lowest BCUT2D eigenvalue weighted by molar-refractivity contribution is 0.0665. The number of thiazole rings is 1. The Bertz CT molecular complexity index is 760. The van der Waals surface area contributed by atoms with Gasteiger partial charge in [-0.25, -0.2) is 4.98 Å². The Balaban J connectivity index is 2.00. The molecule has 0 saturated heterocycles. The van der Waals surface area contributed by atoms with Gasteiger partial charge in [-0.3, -0.25) is 4.79 Å². The predicted molar refractivity (Wildman–Crippen MR) is 97.7 cm³/mol. The van der Waals surface area contributed by atoms with Crippen molar-refractivity contribution in [2.24, 2.45) is 0 Å². The maximum atomic E-state index is 12.8. The number of carbonyl (C=O) groups excluding carboxylic acids is 1. The molecule has 1 aliphatic rings. The fourth-order valence-corrected chi connectivity index (χ4v) is 4.07. The average Bonchev–Trinajstić information content (AvgIpc) is 2.89. The summed E-state index contributed by atoms with van der Waals surface area (Å²) in [5.41, 5.74) is 1.75. The molecule has 0 bridgehead atoms. The molecule has 0 spiro atoms. The van der Waals surface area contributed by atoms with Crippen LogP contribution in [0.2, 0.25) is 0 Å². The summed E-state index contributed by atoms with van der Waals surface area (Å²) in [5, 5.41) is 9.68. The normalized spacial score (nSPS) is 13.0. The Kier molecular flexibility index (Phi) is 5.22. The van der Waals surface area contributed by atoms with E-state index in [0.29, 0.717) is 18.2 Å². The highest BCUT2D eigenvalue weighted by molar-refractivity contribution is 9.10. The van der Waals surface area contributed by atoms with Gasteiger partial charge in [-0.05, 0) is 32.0 Å². The third-order valence-corrected chi connectivity index (χ3v) is 5.49. The third kappa shape index (κ3) is 3.34. The molecular weight excluding hydrogens is 392 g/mol. The van der Waals surface area contributed by atoms with Gasteiger partial charge in [-0.1, -0.05) is 15.9 Å². The van der Waals surface area contributed by atoms with E-state index >= 15 is 0 Å². The average molecular weight is 411 g/mol. The van der Waals surface area contributed by atoms with Gasteiger partial charge in [-0.2, -0.15) is 0 Å². The van der Waals surface area contributed by atoms with Crippen molar-refractivity contribution in [1.82, 2.24) is 9.88 Å². The van der Waals surface area contributed by atoms with E-state index in [0.717, 1.165) is 32.8 Å². The molecule has 24 heavy (non-hydrogen) atoms. The second-order valence-corrected chi connectivity index (χ2v) is 7.84. The van der Waals surface area contributed by atoms with Gasteiger partial charge < -0.3 is 14.7 Å². The molecule has 1 aromatic carbocycles. The molecule has 2 heterocycles. The van der Waals surface area contributed by atoms with E-state index in [1.807, 2.05) is 32.0 Å². The maximum absolute atomic E-state index is 12.8. The summed E-state index contributed by atoms with van der Waals surface area (Å²) in [5.74, 6) is 0.653. The number of nitrogens with zero attached hydrogens (tertiary/aromatic N) is 2. The quantitative estimate of drug-likeness (QED) is 0.838. The minimum atomic E-state index is -0.128. The Morgan fingerprint density at radius 1 is 1.50 bits per heavy atom. The van der Waals surface area contributed by atoms with Crippen LogP contribution in [0.1, 0.15) is 28.5 Å². The Morgan fingerprint density at radius 2 is 2.29 bits per heavy atom. The Labute approximate surface area is 153 Å². The fraction of sp³-hybridized carbons (Fsp3) is 0.412. The van der Waals surface area contributed by atoms with E-state index in [1.165, 1.54) is 11.3 Å². The van der Waals surface area contributed by atoms with Gasteiger partial charge in [0, 0.05) is 33.9 Å². The second-order valence-electron chi connectivity index (χ2n) is 5.85. The molecule has 5 nitrogen and oxygen atoms in total. The molecule has 0 unspecified atom stereocenters. The SMILES string of the molecule is CC(C)N(CCO)C(=O)c1nc2c(s1)CCOc1cc(Br)ccc1-2. The summed E-state index contributed by atoms with van der Waals surface area (Å²) in [7, 11) is 0. The van der Waals surface area contributed by atoms with Gasteiger partial charge in [0.25, 0.3) is 5.91 Å². The van der Waals surface area contributed by atoms with Crippen LogP contribution in [0.25, 0.3) is 11.3 Å². The number of hydrogen-bond donors (Lipinski definition) is 1. The number of aromatic nitrogens is 1. The number of ether oxygens (including phenoxy) is 1. The number of halogens is 1. The van der Waals surface area contributed by atoms with Crippen LogP contribution >= 0.6 is 27.3 Å². The van der Waals surface area contributed by atoms with E-state index in [9.17, 15) is 9.90 Å². The van der Waals surface area contributed by atoms with Crippen LogP contribution in [0.5, 0.6) is 5.75 Å². The highest BCUT2D eigenvalue weighted by Crippen LogP contribution is 2.39. The molecule has 0 saturated carbocycles. The van der Waals surface area contributed by atoms with E-state index in [1.54, 1.807) is 4.90 Å². The van der Waals surface area contributed by atoms with Crippen molar-refractivity contribution >= 4 is 33.2 Å². The number of amides is 1.